The monoisotopic (exact) mass is 320 g/mol. The molecule has 0 amide bonds. The van der Waals surface area contributed by atoms with Crippen molar-refractivity contribution in [2.24, 2.45) is 0 Å². The second kappa shape index (κ2) is 5.06. The van der Waals surface area contributed by atoms with Gasteiger partial charge in [0.15, 0.2) is 0 Å². The minimum Gasteiger partial charge on any atom is -0.398 e. The van der Waals surface area contributed by atoms with Crippen LogP contribution in [0.15, 0.2) is 24.3 Å². The Morgan fingerprint density at radius 3 is 1.28 bits per heavy atom. The van der Waals surface area contributed by atoms with Crippen molar-refractivity contribution in [3.8, 4) is 11.1 Å². The van der Waals surface area contributed by atoms with E-state index in [9.17, 15) is 0 Å². The van der Waals surface area contributed by atoms with Gasteiger partial charge in [0.05, 0.1) is 31.5 Å². The molecule has 2 rings (SSSR count). The normalized spacial score (nSPS) is 10.7. The van der Waals surface area contributed by atoms with E-state index < -0.39 is 0 Å². The number of hydrogen-bond acceptors (Lipinski definition) is 2. The number of benzene rings is 2. The second-order valence-corrected chi connectivity index (χ2v) is 5.22. The number of halogens is 4. The first kappa shape index (κ1) is 13.6. The van der Waals surface area contributed by atoms with Crippen molar-refractivity contribution in [2.45, 2.75) is 0 Å². The van der Waals surface area contributed by atoms with Crippen molar-refractivity contribution in [3.05, 3.63) is 44.4 Å². The summed E-state index contributed by atoms with van der Waals surface area (Å²) in [5, 5.41) is 1.42. The first-order valence-corrected chi connectivity index (χ1v) is 6.42. The molecular weight excluding hydrogens is 314 g/mol. The van der Waals surface area contributed by atoms with Crippen molar-refractivity contribution in [3.63, 3.8) is 0 Å². The molecule has 0 saturated heterocycles. The van der Waals surface area contributed by atoms with Crippen LogP contribution in [0.4, 0.5) is 11.4 Å². The maximum Gasteiger partial charge on any atom is 0.0729 e. The van der Waals surface area contributed by atoms with Gasteiger partial charge in [-0.15, -0.1) is 0 Å². The van der Waals surface area contributed by atoms with E-state index in [1.807, 2.05) is 0 Å². The predicted octanol–water partition coefficient (Wildman–Crippen LogP) is 5.13. The third kappa shape index (κ3) is 2.21. The van der Waals surface area contributed by atoms with Crippen LogP contribution in [0.3, 0.4) is 0 Å². The van der Waals surface area contributed by atoms with Gasteiger partial charge in [-0.2, -0.15) is 0 Å². The third-order valence-corrected chi connectivity index (χ3v) is 3.94. The minimum atomic E-state index is 0.303. The Bertz CT molecular complexity index is 570. The smallest absolute Gasteiger partial charge is 0.0729 e. The molecule has 2 aromatic carbocycles. The Morgan fingerprint density at radius 1 is 0.611 bits per heavy atom. The van der Waals surface area contributed by atoms with E-state index in [-0.39, 0.29) is 0 Å². The van der Waals surface area contributed by atoms with Crippen LogP contribution in [0.2, 0.25) is 20.1 Å². The van der Waals surface area contributed by atoms with Crippen LogP contribution in [0.1, 0.15) is 0 Å². The van der Waals surface area contributed by atoms with Crippen LogP contribution in [-0.2, 0) is 0 Å². The number of rotatable bonds is 1. The summed E-state index contributed by atoms with van der Waals surface area (Å²) in [6, 6.07) is 6.49. The quantitative estimate of drug-likeness (QED) is 0.715. The largest absolute Gasteiger partial charge is 0.398 e. The molecule has 0 heterocycles. The molecule has 0 radical (unpaired) electrons. The SMILES string of the molecule is Nc1ccc(Cl)c(-c2c(Cl)ccc(N)c2Cl)c1Cl. The lowest BCUT2D eigenvalue weighted by Crippen LogP contribution is -1.94. The molecular formula is C12H8Cl4N2. The highest BCUT2D eigenvalue weighted by Crippen LogP contribution is 2.46. The van der Waals surface area contributed by atoms with Gasteiger partial charge in [0, 0.05) is 11.1 Å². The van der Waals surface area contributed by atoms with E-state index in [0.717, 1.165) is 0 Å². The Morgan fingerprint density at radius 2 is 0.944 bits per heavy atom. The van der Waals surface area contributed by atoms with Crippen LogP contribution < -0.4 is 11.5 Å². The minimum absolute atomic E-state index is 0.303. The molecule has 0 bridgehead atoms. The van der Waals surface area contributed by atoms with E-state index in [0.29, 0.717) is 42.6 Å². The van der Waals surface area contributed by atoms with Crippen LogP contribution in [-0.4, -0.2) is 0 Å². The summed E-state index contributed by atoms with van der Waals surface area (Å²) in [7, 11) is 0. The van der Waals surface area contributed by atoms with Crippen molar-refractivity contribution < 1.29 is 0 Å². The van der Waals surface area contributed by atoms with Crippen LogP contribution in [0.5, 0.6) is 0 Å². The van der Waals surface area contributed by atoms with Crippen LogP contribution in [0, 0.1) is 0 Å². The zero-order valence-electron chi connectivity index (χ0n) is 8.98. The molecule has 6 heteroatoms. The van der Waals surface area contributed by atoms with Gasteiger partial charge < -0.3 is 11.5 Å². The highest BCUT2D eigenvalue weighted by Gasteiger charge is 2.18. The fourth-order valence-corrected chi connectivity index (χ4v) is 2.71. The zero-order valence-corrected chi connectivity index (χ0v) is 12.0. The summed E-state index contributed by atoms with van der Waals surface area (Å²) in [4.78, 5) is 0. The number of hydrogen-bond donors (Lipinski definition) is 2. The molecule has 0 aliphatic carbocycles. The topological polar surface area (TPSA) is 52.0 Å². The zero-order chi connectivity index (χ0) is 13.4. The Labute approximate surface area is 124 Å². The van der Waals surface area contributed by atoms with Gasteiger partial charge in [-0.3, -0.25) is 0 Å². The average Bonchev–Trinajstić information content (AvgIpc) is 2.33. The Hall–Kier alpha value is -0.800. The van der Waals surface area contributed by atoms with Gasteiger partial charge in [0.1, 0.15) is 0 Å². The molecule has 2 nitrogen and oxygen atoms in total. The van der Waals surface area contributed by atoms with E-state index in [1.54, 1.807) is 24.3 Å². The standard InChI is InChI=1S/C12H8Cl4N2/c13-5-1-3-7(17)11(15)9(5)10-6(14)2-4-8(18)12(10)16/h1-4H,17-18H2. The molecule has 0 aromatic heterocycles. The molecule has 2 aromatic rings. The lowest BCUT2D eigenvalue weighted by atomic mass is 10.0. The summed E-state index contributed by atoms with van der Waals surface area (Å²) in [5.41, 5.74) is 13.3. The van der Waals surface area contributed by atoms with E-state index in [4.69, 9.17) is 57.9 Å². The fourth-order valence-electron chi connectivity index (χ4n) is 1.60. The molecule has 94 valence electrons. The highest BCUT2D eigenvalue weighted by atomic mass is 35.5. The van der Waals surface area contributed by atoms with Gasteiger partial charge in [0.2, 0.25) is 0 Å². The molecule has 0 unspecified atom stereocenters. The molecule has 0 saturated carbocycles. The molecule has 0 aliphatic heterocycles. The first-order chi connectivity index (χ1) is 8.43. The molecule has 0 fully saturated rings. The highest BCUT2D eigenvalue weighted by molar-refractivity contribution is 6.45. The maximum atomic E-state index is 6.16. The maximum absolute atomic E-state index is 6.16. The third-order valence-electron chi connectivity index (χ3n) is 2.49. The Balaban J connectivity index is 2.85. The van der Waals surface area contributed by atoms with Crippen molar-refractivity contribution >= 4 is 57.8 Å². The van der Waals surface area contributed by atoms with E-state index in [1.165, 1.54) is 0 Å². The van der Waals surface area contributed by atoms with Gasteiger partial charge in [-0.05, 0) is 24.3 Å². The van der Waals surface area contributed by atoms with Crippen molar-refractivity contribution in [1.82, 2.24) is 0 Å². The summed E-state index contributed by atoms with van der Waals surface area (Å²) < 4.78 is 0. The first-order valence-electron chi connectivity index (χ1n) is 4.90. The number of nitrogen functional groups attached to an aromatic ring is 2. The summed E-state index contributed by atoms with van der Waals surface area (Å²) in [6.45, 7) is 0. The fraction of sp³-hybridized carbons (Fsp3) is 0. The second-order valence-electron chi connectivity index (χ2n) is 3.65. The van der Waals surface area contributed by atoms with E-state index in [2.05, 4.69) is 0 Å². The van der Waals surface area contributed by atoms with Gasteiger partial charge in [0.25, 0.3) is 0 Å². The predicted molar refractivity (Wildman–Crippen MR) is 80.7 cm³/mol. The molecule has 4 N–H and O–H groups in total. The van der Waals surface area contributed by atoms with Gasteiger partial charge in [-0.25, -0.2) is 0 Å². The lowest BCUT2D eigenvalue weighted by Gasteiger charge is -2.14. The van der Waals surface area contributed by atoms with Crippen molar-refractivity contribution in [2.75, 3.05) is 11.5 Å². The molecule has 18 heavy (non-hydrogen) atoms. The summed E-state index contributed by atoms with van der Waals surface area (Å²) in [5.74, 6) is 0. The van der Waals surface area contributed by atoms with Gasteiger partial charge in [-0.1, -0.05) is 46.4 Å². The van der Waals surface area contributed by atoms with E-state index >= 15 is 0 Å². The summed E-state index contributed by atoms with van der Waals surface area (Å²) in [6.07, 6.45) is 0. The van der Waals surface area contributed by atoms with Gasteiger partial charge >= 0.3 is 0 Å². The number of anilines is 2. The molecule has 0 spiro atoms. The van der Waals surface area contributed by atoms with Crippen LogP contribution in [0.25, 0.3) is 11.1 Å². The molecule has 0 aliphatic rings. The molecule has 0 atom stereocenters. The van der Waals surface area contributed by atoms with Crippen molar-refractivity contribution in [1.29, 1.82) is 0 Å². The average molecular weight is 322 g/mol. The van der Waals surface area contributed by atoms with Crippen LogP contribution >= 0.6 is 46.4 Å². The Kier molecular flexibility index (Phi) is 3.83. The lowest BCUT2D eigenvalue weighted by molar-refractivity contribution is 1.60. The number of nitrogens with two attached hydrogens (primary N) is 2. The summed E-state index contributed by atoms with van der Waals surface area (Å²) >= 11 is 24.6.